The Kier molecular flexibility index (Phi) is 4.81. The molecule has 0 radical (unpaired) electrons. The lowest BCUT2D eigenvalue weighted by atomic mass is 10.1. The standard InChI is InChI=1S/C10H13NO2S.C9H11N/c1-14(12,13)11-10-6-5-8-3-2-4-9(8)7-10;10-9-5-4-7-2-1-3-8(7)6-9/h5-7,11H,2-4H2,1H3;4-6H,1-3,10H2. The lowest BCUT2D eigenvalue weighted by Crippen LogP contribution is -2.09. The average molecular weight is 344 g/mol. The van der Waals surface area contributed by atoms with Crippen molar-refractivity contribution in [2.75, 3.05) is 16.7 Å². The molecule has 4 nitrogen and oxygen atoms in total. The van der Waals surface area contributed by atoms with Gasteiger partial charge in [0, 0.05) is 11.4 Å². The molecule has 24 heavy (non-hydrogen) atoms. The first-order valence-electron chi connectivity index (χ1n) is 8.37. The number of benzene rings is 2. The van der Waals surface area contributed by atoms with Crippen molar-refractivity contribution in [2.24, 2.45) is 0 Å². The normalized spacial score (nSPS) is 15.2. The Labute approximate surface area is 144 Å². The molecular weight excluding hydrogens is 320 g/mol. The molecule has 0 heterocycles. The van der Waals surface area contributed by atoms with E-state index in [1.807, 2.05) is 24.3 Å². The highest BCUT2D eigenvalue weighted by Gasteiger charge is 2.12. The van der Waals surface area contributed by atoms with Gasteiger partial charge >= 0.3 is 0 Å². The largest absolute Gasteiger partial charge is 0.399 e. The quantitative estimate of drug-likeness (QED) is 0.821. The smallest absolute Gasteiger partial charge is 0.229 e. The molecule has 0 aliphatic heterocycles. The Hall–Kier alpha value is -2.01. The Morgan fingerprint density at radius 3 is 2.00 bits per heavy atom. The Bertz CT molecular complexity index is 844. The summed E-state index contributed by atoms with van der Waals surface area (Å²) in [5.41, 5.74) is 12.8. The maximum Gasteiger partial charge on any atom is 0.229 e. The third kappa shape index (κ3) is 4.29. The van der Waals surface area contributed by atoms with Gasteiger partial charge in [-0.3, -0.25) is 4.72 Å². The molecule has 4 rings (SSSR count). The summed E-state index contributed by atoms with van der Waals surface area (Å²) in [6.07, 6.45) is 8.30. The highest BCUT2D eigenvalue weighted by Crippen LogP contribution is 2.25. The maximum atomic E-state index is 11.0. The van der Waals surface area contributed by atoms with E-state index in [4.69, 9.17) is 5.73 Å². The molecule has 0 saturated carbocycles. The number of nitrogens with two attached hydrogens (primary N) is 1. The van der Waals surface area contributed by atoms with Crippen LogP contribution in [0.1, 0.15) is 35.1 Å². The summed E-state index contributed by atoms with van der Waals surface area (Å²) < 4.78 is 24.5. The van der Waals surface area contributed by atoms with Gasteiger partial charge in [0.1, 0.15) is 0 Å². The topological polar surface area (TPSA) is 72.2 Å². The van der Waals surface area contributed by atoms with Crippen molar-refractivity contribution in [3.8, 4) is 0 Å². The molecule has 0 saturated heterocycles. The average Bonchev–Trinajstić information content (AvgIpc) is 3.13. The zero-order chi connectivity index (χ0) is 17.2. The highest BCUT2D eigenvalue weighted by molar-refractivity contribution is 7.92. The van der Waals surface area contributed by atoms with Gasteiger partial charge in [0.15, 0.2) is 0 Å². The SMILES string of the molecule is CS(=O)(=O)Nc1ccc2c(c1)CCC2.Nc1ccc2c(c1)CCC2. The van der Waals surface area contributed by atoms with Crippen molar-refractivity contribution in [2.45, 2.75) is 38.5 Å². The number of hydrogen-bond donors (Lipinski definition) is 2. The van der Waals surface area contributed by atoms with Crippen LogP contribution in [0.2, 0.25) is 0 Å². The van der Waals surface area contributed by atoms with Gasteiger partial charge in [0.2, 0.25) is 10.0 Å². The van der Waals surface area contributed by atoms with Gasteiger partial charge < -0.3 is 5.73 Å². The third-order valence-corrected chi connectivity index (χ3v) is 5.13. The van der Waals surface area contributed by atoms with Crippen LogP contribution in [0.15, 0.2) is 36.4 Å². The van der Waals surface area contributed by atoms with Crippen molar-refractivity contribution < 1.29 is 8.42 Å². The summed E-state index contributed by atoms with van der Waals surface area (Å²) in [4.78, 5) is 0. The third-order valence-electron chi connectivity index (χ3n) is 4.52. The van der Waals surface area contributed by atoms with Crippen molar-refractivity contribution in [3.05, 3.63) is 58.7 Å². The van der Waals surface area contributed by atoms with Gasteiger partial charge in [-0.05, 0) is 85.0 Å². The summed E-state index contributed by atoms with van der Waals surface area (Å²) >= 11 is 0. The van der Waals surface area contributed by atoms with E-state index in [9.17, 15) is 8.42 Å². The Balaban J connectivity index is 0.000000149. The molecule has 0 fully saturated rings. The number of aryl methyl sites for hydroxylation is 4. The molecule has 2 aliphatic rings. The summed E-state index contributed by atoms with van der Waals surface area (Å²) in [5, 5.41) is 0. The molecule has 0 aromatic heterocycles. The molecule has 0 spiro atoms. The van der Waals surface area contributed by atoms with Crippen LogP contribution in [-0.4, -0.2) is 14.7 Å². The maximum absolute atomic E-state index is 11.0. The minimum Gasteiger partial charge on any atom is -0.399 e. The molecule has 0 unspecified atom stereocenters. The highest BCUT2D eigenvalue weighted by atomic mass is 32.2. The van der Waals surface area contributed by atoms with E-state index < -0.39 is 10.0 Å². The van der Waals surface area contributed by atoms with Crippen LogP contribution < -0.4 is 10.5 Å². The van der Waals surface area contributed by atoms with E-state index in [1.54, 1.807) is 0 Å². The van der Waals surface area contributed by atoms with E-state index in [0.29, 0.717) is 5.69 Å². The monoisotopic (exact) mass is 344 g/mol. The van der Waals surface area contributed by atoms with E-state index in [-0.39, 0.29) is 0 Å². The van der Waals surface area contributed by atoms with Crippen molar-refractivity contribution in [1.82, 2.24) is 0 Å². The number of nitrogens with one attached hydrogen (secondary N) is 1. The Morgan fingerprint density at radius 2 is 1.38 bits per heavy atom. The van der Waals surface area contributed by atoms with Gasteiger partial charge in [-0.2, -0.15) is 0 Å². The molecule has 2 aromatic rings. The first kappa shape index (κ1) is 16.8. The van der Waals surface area contributed by atoms with E-state index in [2.05, 4.69) is 16.9 Å². The van der Waals surface area contributed by atoms with E-state index in [0.717, 1.165) is 18.5 Å². The van der Waals surface area contributed by atoms with Crippen LogP contribution in [0.3, 0.4) is 0 Å². The molecule has 2 aliphatic carbocycles. The van der Waals surface area contributed by atoms with Crippen LogP contribution in [0.4, 0.5) is 11.4 Å². The molecular formula is C19H24N2O2S. The first-order chi connectivity index (χ1) is 11.4. The van der Waals surface area contributed by atoms with Gasteiger partial charge in [0.25, 0.3) is 0 Å². The zero-order valence-corrected chi connectivity index (χ0v) is 14.8. The fourth-order valence-corrected chi connectivity index (χ4v) is 4.00. The number of rotatable bonds is 2. The van der Waals surface area contributed by atoms with Crippen molar-refractivity contribution in [3.63, 3.8) is 0 Å². The number of sulfonamides is 1. The van der Waals surface area contributed by atoms with Gasteiger partial charge in [-0.1, -0.05) is 12.1 Å². The second kappa shape index (κ2) is 6.85. The van der Waals surface area contributed by atoms with Crippen LogP contribution in [0, 0.1) is 0 Å². The lowest BCUT2D eigenvalue weighted by Gasteiger charge is -2.05. The summed E-state index contributed by atoms with van der Waals surface area (Å²) in [5.74, 6) is 0. The molecule has 5 heteroatoms. The fourth-order valence-electron chi connectivity index (χ4n) is 3.44. The van der Waals surface area contributed by atoms with Gasteiger partial charge in [-0.15, -0.1) is 0 Å². The van der Waals surface area contributed by atoms with Gasteiger partial charge in [-0.25, -0.2) is 8.42 Å². The second-order valence-corrected chi connectivity index (χ2v) is 8.34. The summed E-state index contributed by atoms with van der Waals surface area (Å²) in [6.45, 7) is 0. The molecule has 128 valence electrons. The van der Waals surface area contributed by atoms with E-state index >= 15 is 0 Å². The molecule has 0 atom stereocenters. The lowest BCUT2D eigenvalue weighted by molar-refractivity contribution is 0.607. The second-order valence-electron chi connectivity index (χ2n) is 6.59. The van der Waals surface area contributed by atoms with Gasteiger partial charge in [0.05, 0.1) is 6.26 Å². The predicted octanol–water partition coefficient (Wildman–Crippen LogP) is 3.30. The number of anilines is 2. The zero-order valence-electron chi connectivity index (χ0n) is 14.0. The molecule has 3 N–H and O–H groups in total. The molecule has 2 aromatic carbocycles. The predicted molar refractivity (Wildman–Crippen MR) is 99.8 cm³/mol. The van der Waals surface area contributed by atoms with Crippen molar-refractivity contribution in [1.29, 1.82) is 0 Å². The van der Waals surface area contributed by atoms with Crippen LogP contribution in [-0.2, 0) is 35.7 Å². The minimum atomic E-state index is -3.14. The molecule has 0 bridgehead atoms. The van der Waals surface area contributed by atoms with E-state index in [1.165, 1.54) is 54.2 Å². The van der Waals surface area contributed by atoms with Crippen LogP contribution in [0.25, 0.3) is 0 Å². The summed E-state index contributed by atoms with van der Waals surface area (Å²) in [7, 11) is -3.14. The summed E-state index contributed by atoms with van der Waals surface area (Å²) in [6, 6.07) is 12.0. The minimum absolute atomic E-state index is 0.674. The molecule has 0 amide bonds. The first-order valence-corrected chi connectivity index (χ1v) is 10.3. The number of fused-ring (bicyclic) bond motifs is 2. The fraction of sp³-hybridized carbons (Fsp3) is 0.368. The number of nitrogen functional groups attached to an aromatic ring is 1. The van der Waals surface area contributed by atoms with Crippen LogP contribution in [0.5, 0.6) is 0 Å². The van der Waals surface area contributed by atoms with Crippen molar-refractivity contribution >= 4 is 21.4 Å². The number of hydrogen-bond acceptors (Lipinski definition) is 3. The Morgan fingerprint density at radius 1 is 0.833 bits per heavy atom. The van der Waals surface area contributed by atoms with Crippen LogP contribution >= 0.6 is 0 Å².